The molecular weight excluding hydrogens is 486 g/mol. The van der Waals surface area contributed by atoms with Gasteiger partial charge >= 0.3 is 12.2 Å². The second-order valence-corrected chi connectivity index (χ2v) is 12.4. The van der Waals surface area contributed by atoms with Crippen LogP contribution in [0.1, 0.15) is 80.7 Å². The molecule has 3 amide bonds. The highest BCUT2D eigenvalue weighted by Crippen LogP contribution is 2.37. The fourth-order valence-electron chi connectivity index (χ4n) is 4.81. The molecule has 2 rings (SSSR count). The third-order valence-electron chi connectivity index (χ3n) is 6.30. The van der Waals surface area contributed by atoms with Gasteiger partial charge in [-0.2, -0.15) is 0 Å². The Bertz CT molecular complexity index is 941. The Labute approximate surface area is 228 Å². The van der Waals surface area contributed by atoms with E-state index in [9.17, 15) is 14.4 Å². The summed E-state index contributed by atoms with van der Waals surface area (Å²) in [4.78, 5) is 42.4. The Morgan fingerprint density at radius 1 is 1.08 bits per heavy atom. The molecule has 0 spiro atoms. The van der Waals surface area contributed by atoms with Crippen molar-refractivity contribution in [1.29, 1.82) is 0 Å². The van der Waals surface area contributed by atoms with Gasteiger partial charge in [0.15, 0.2) is 0 Å². The van der Waals surface area contributed by atoms with E-state index in [2.05, 4.69) is 13.8 Å². The summed E-state index contributed by atoms with van der Waals surface area (Å²) in [6.45, 7) is 17.2. The molecule has 0 aliphatic carbocycles. The number of amides is 3. The molecule has 0 radical (unpaired) electrons. The molecule has 1 fully saturated rings. The molecule has 1 aromatic rings. The summed E-state index contributed by atoms with van der Waals surface area (Å²) in [5.74, 6) is -0.286. The molecule has 1 aliphatic rings. The summed E-state index contributed by atoms with van der Waals surface area (Å²) in [6, 6.07) is 8.05. The highest BCUT2D eigenvalue weighted by atomic mass is 16.6. The molecule has 3 atom stereocenters. The number of carbonyl (C=O) groups is 3. The van der Waals surface area contributed by atoms with Crippen molar-refractivity contribution in [3.8, 4) is 0 Å². The zero-order valence-electron chi connectivity index (χ0n) is 24.5. The third kappa shape index (κ3) is 8.89. The zero-order chi connectivity index (χ0) is 28.8. The summed E-state index contributed by atoms with van der Waals surface area (Å²) < 4.78 is 17.8. The lowest BCUT2D eigenvalue weighted by Crippen LogP contribution is -2.54. The number of hydrogen-bond acceptors (Lipinski definition) is 6. The Hall–Kier alpha value is -2.81. The van der Waals surface area contributed by atoms with Crippen LogP contribution in [-0.2, 0) is 25.6 Å². The van der Waals surface area contributed by atoms with Crippen LogP contribution in [0, 0.1) is 11.8 Å². The molecule has 2 N–H and O–H groups in total. The van der Waals surface area contributed by atoms with Crippen LogP contribution in [0.15, 0.2) is 30.3 Å². The van der Waals surface area contributed by atoms with Crippen LogP contribution in [0.4, 0.5) is 9.59 Å². The first-order valence-electron chi connectivity index (χ1n) is 13.5. The lowest BCUT2D eigenvalue weighted by atomic mass is 9.96. The van der Waals surface area contributed by atoms with Crippen LogP contribution in [0.2, 0.25) is 0 Å². The predicted molar refractivity (Wildman–Crippen MR) is 146 cm³/mol. The van der Waals surface area contributed by atoms with Crippen molar-refractivity contribution in [2.45, 2.75) is 111 Å². The fourth-order valence-corrected chi connectivity index (χ4v) is 4.81. The zero-order valence-corrected chi connectivity index (χ0v) is 24.5. The van der Waals surface area contributed by atoms with Crippen molar-refractivity contribution >= 4 is 18.1 Å². The molecule has 1 aliphatic heterocycles. The van der Waals surface area contributed by atoms with E-state index in [1.54, 1.807) is 4.90 Å². The van der Waals surface area contributed by atoms with E-state index in [0.717, 1.165) is 5.56 Å². The van der Waals surface area contributed by atoms with Crippen molar-refractivity contribution in [3.63, 3.8) is 0 Å². The van der Waals surface area contributed by atoms with Gasteiger partial charge in [-0.3, -0.25) is 14.6 Å². The Kier molecular flexibility index (Phi) is 10.6. The van der Waals surface area contributed by atoms with Crippen LogP contribution in [-0.4, -0.2) is 64.0 Å². The minimum atomic E-state index is -0.994. The van der Waals surface area contributed by atoms with E-state index >= 15 is 0 Å². The quantitative estimate of drug-likeness (QED) is 0.436. The van der Waals surface area contributed by atoms with E-state index in [0.29, 0.717) is 12.8 Å². The Balaban J connectivity index is 2.41. The van der Waals surface area contributed by atoms with Crippen molar-refractivity contribution in [2.75, 3.05) is 6.54 Å². The van der Waals surface area contributed by atoms with Gasteiger partial charge in [-0.05, 0) is 64.9 Å². The molecule has 9 nitrogen and oxygen atoms in total. The van der Waals surface area contributed by atoms with Crippen molar-refractivity contribution in [1.82, 2.24) is 9.80 Å². The van der Waals surface area contributed by atoms with E-state index in [-0.39, 0.29) is 25.0 Å². The first kappa shape index (κ1) is 31.4. The number of primary amides is 1. The highest BCUT2D eigenvalue weighted by Gasteiger charge is 2.52. The molecule has 1 aromatic carbocycles. The molecule has 1 saturated heterocycles. The molecule has 214 valence electrons. The van der Waals surface area contributed by atoms with Gasteiger partial charge in [0.25, 0.3) is 0 Å². The van der Waals surface area contributed by atoms with Gasteiger partial charge in [-0.25, -0.2) is 9.59 Å². The molecule has 0 aromatic heterocycles. The summed E-state index contributed by atoms with van der Waals surface area (Å²) in [6.07, 6.45) is -0.734. The summed E-state index contributed by atoms with van der Waals surface area (Å²) >= 11 is 0. The molecule has 9 heteroatoms. The van der Waals surface area contributed by atoms with Gasteiger partial charge in [0.05, 0.1) is 18.7 Å². The maximum absolute atomic E-state index is 13.5. The molecule has 1 unspecified atom stereocenters. The second kappa shape index (κ2) is 12.8. The van der Waals surface area contributed by atoms with Gasteiger partial charge < -0.3 is 19.9 Å². The Morgan fingerprint density at radius 3 is 2.18 bits per heavy atom. The Morgan fingerprint density at radius 2 is 1.68 bits per heavy atom. The maximum atomic E-state index is 13.5. The summed E-state index contributed by atoms with van der Waals surface area (Å²) in [7, 11) is 0. The van der Waals surface area contributed by atoms with Crippen LogP contribution >= 0.6 is 0 Å². The molecule has 1 heterocycles. The van der Waals surface area contributed by atoms with Crippen LogP contribution in [0.25, 0.3) is 0 Å². The normalized spacial score (nSPS) is 19.9. The monoisotopic (exact) mass is 533 g/mol. The van der Waals surface area contributed by atoms with Gasteiger partial charge in [-0.1, -0.05) is 58.0 Å². The largest absolute Gasteiger partial charge is 0.445 e. The number of carbonyl (C=O) groups excluding carboxylic acids is 3. The predicted octanol–water partition coefficient (Wildman–Crippen LogP) is 5.31. The SMILES string of the molecule is CC(C)C[C@@H](C(N)=O)N(CC1OC(C)(C)N(C(=O)OC(C)(C)C)[C@H]1CC(C)C)C(=O)OCc1ccccc1. The van der Waals surface area contributed by atoms with Gasteiger partial charge in [0.1, 0.15) is 24.0 Å². The number of benzene rings is 1. The fraction of sp³-hybridized carbons (Fsp3) is 0.690. The first-order chi connectivity index (χ1) is 17.5. The van der Waals surface area contributed by atoms with Crippen molar-refractivity contribution < 1.29 is 28.6 Å². The lowest BCUT2D eigenvalue weighted by Gasteiger charge is -2.36. The summed E-state index contributed by atoms with van der Waals surface area (Å²) in [5.41, 5.74) is 4.95. The second-order valence-electron chi connectivity index (χ2n) is 12.4. The molecular formula is C29H47N3O6. The maximum Gasteiger partial charge on any atom is 0.412 e. The van der Waals surface area contributed by atoms with Crippen molar-refractivity contribution in [3.05, 3.63) is 35.9 Å². The van der Waals surface area contributed by atoms with Gasteiger partial charge in [-0.15, -0.1) is 0 Å². The van der Waals surface area contributed by atoms with Crippen molar-refractivity contribution in [2.24, 2.45) is 17.6 Å². The third-order valence-corrected chi connectivity index (χ3v) is 6.30. The number of rotatable bonds is 10. The van der Waals surface area contributed by atoms with Gasteiger partial charge in [0, 0.05) is 0 Å². The first-order valence-corrected chi connectivity index (χ1v) is 13.5. The van der Waals surface area contributed by atoms with E-state index < -0.39 is 47.6 Å². The lowest BCUT2D eigenvalue weighted by molar-refractivity contribution is -0.124. The number of hydrogen-bond donors (Lipinski definition) is 1. The topological polar surface area (TPSA) is 111 Å². The van der Waals surface area contributed by atoms with Crippen LogP contribution in [0.5, 0.6) is 0 Å². The van der Waals surface area contributed by atoms with E-state index in [1.807, 2.05) is 78.8 Å². The summed E-state index contributed by atoms with van der Waals surface area (Å²) in [5, 5.41) is 0. The van der Waals surface area contributed by atoms with E-state index in [1.165, 1.54) is 4.90 Å². The minimum absolute atomic E-state index is 0.0358. The number of ether oxygens (including phenoxy) is 3. The molecule has 0 saturated carbocycles. The molecule has 0 bridgehead atoms. The van der Waals surface area contributed by atoms with Gasteiger partial charge in [0.2, 0.25) is 5.91 Å². The van der Waals surface area contributed by atoms with E-state index in [4.69, 9.17) is 19.9 Å². The standard InChI is InChI=1S/C29H47N3O6/c1-19(2)15-22-24(37-29(8,9)32(22)27(35)38-28(5,6)7)17-31(23(25(30)33)16-20(3)4)26(34)36-18-21-13-11-10-12-14-21/h10-14,19-20,22-24H,15-18H2,1-9H3,(H2,30,33)/t22-,23-,24?/m0/s1. The number of nitrogens with zero attached hydrogens (tertiary/aromatic N) is 2. The highest BCUT2D eigenvalue weighted by molar-refractivity contribution is 5.84. The average molecular weight is 534 g/mol. The van der Waals surface area contributed by atoms with Crippen LogP contribution < -0.4 is 5.73 Å². The number of nitrogens with two attached hydrogens (primary N) is 1. The van der Waals surface area contributed by atoms with Crippen LogP contribution in [0.3, 0.4) is 0 Å². The average Bonchev–Trinajstić information content (AvgIpc) is 3.02. The molecule has 38 heavy (non-hydrogen) atoms. The minimum Gasteiger partial charge on any atom is -0.445 e. The smallest absolute Gasteiger partial charge is 0.412 e.